The van der Waals surface area contributed by atoms with Gasteiger partial charge in [-0.05, 0) is 33.0 Å². The van der Waals surface area contributed by atoms with Crippen LogP contribution in [0.5, 0.6) is 0 Å². The maximum absolute atomic E-state index is 12.6. The summed E-state index contributed by atoms with van der Waals surface area (Å²) in [7, 11) is 6.11. The fraction of sp³-hybridized carbons (Fsp3) is 0.600. The van der Waals surface area contributed by atoms with Crippen molar-refractivity contribution >= 4 is 5.95 Å². The van der Waals surface area contributed by atoms with Crippen molar-refractivity contribution in [3.05, 3.63) is 35.0 Å². The highest BCUT2D eigenvalue weighted by atomic mass is 16.1. The van der Waals surface area contributed by atoms with E-state index in [2.05, 4.69) is 44.1 Å². The van der Waals surface area contributed by atoms with Gasteiger partial charge in [-0.15, -0.1) is 0 Å². The molecule has 0 bridgehead atoms. The smallest absolute Gasteiger partial charge is 0.255 e. The van der Waals surface area contributed by atoms with Crippen molar-refractivity contribution < 1.29 is 0 Å². The molecule has 2 saturated heterocycles. The molecule has 4 rings (SSSR count). The Balaban J connectivity index is 1.53. The summed E-state index contributed by atoms with van der Waals surface area (Å²) >= 11 is 0. The first-order chi connectivity index (χ1) is 14.0. The summed E-state index contributed by atoms with van der Waals surface area (Å²) in [5.74, 6) is 0.695. The van der Waals surface area contributed by atoms with Gasteiger partial charge in [0.2, 0.25) is 5.95 Å². The van der Waals surface area contributed by atoms with Gasteiger partial charge >= 0.3 is 0 Å². The number of aromatic nitrogens is 4. The average Bonchev–Trinajstić information content (AvgIpc) is 2.76. The van der Waals surface area contributed by atoms with Crippen LogP contribution in [0.25, 0.3) is 11.4 Å². The van der Waals surface area contributed by atoms with E-state index in [1.165, 1.54) is 25.2 Å². The van der Waals surface area contributed by atoms with Crippen LogP contribution in [0.4, 0.5) is 5.95 Å². The van der Waals surface area contributed by atoms with Crippen molar-refractivity contribution in [1.82, 2.24) is 34.6 Å². The minimum absolute atomic E-state index is 0.0782. The number of piperidine rings is 1. The molecule has 0 spiro atoms. The summed E-state index contributed by atoms with van der Waals surface area (Å²) in [5, 5.41) is 3.65. The first-order valence-electron chi connectivity index (χ1n) is 10.3. The van der Waals surface area contributed by atoms with Gasteiger partial charge in [0.1, 0.15) is 6.33 Å². The second-order valence-corrected chi connectivity index (χ2v) is 8.08. The highest BCUT2D eigenvalue weighted by Crippen LogP contribution is 2.20. The summed E-state index contributed by atoms with van der Waals surface area (Å²) in [4.78, 5) is 32.6. The highest BCUT2D eigenvalue weighted by molar-refractivity contribution is 5.55. The van der Waals surface area contributed by atoms with Crippen LogP contribution in [0, 0.1) is 0 Å². The number of rotatable bonds is 4. The molecule has 2 aliphatic rings. The number of likely N-dealkylation sites (tertiary alicyclic amines) is 1. The lowest BCUT2D eigenvalue weighted by Crippen LogP contribution is -2.61. The molecule has 0 aliphatic carbocycles. The van der Waals surface area contributed by atoms with Crippen LogP contribution >= 0.6 is 0 Å². The zero-order valence-electron chi connectivity index (χ0n) is 17.5. The molecule has 2 aliphatic heterocycles. The van der Waals surface area contributed by atoms with Crippen LogP contribution in [0.15, 0.2) is 29.5 Å². The molecule has 2 aromatic rings. The van der Waals surface area contributed by atoms with Crippen molar-refractivity contribution in [2.45, 2.75) is 25.0 Å². The van der Waals surface area contributed by atoms with Gasteiger partial charge in [-0.25, -0.2) is 15.0 Å². The number of hydrogen-bond donors (Lipinski definition) is 1. The van der Waals surface area contributed by atoms with Crippen LogP contribution in [0.3, 0.4) is 0 Å². The topological polar surface area (TPSA) is 82.4 Å². The van der Waals surface area contributed by atoms with Crippen molar-refractivity contribution in [3.8, 4) is 11.4 Å². The molecular formula is C20H30N8O. The van der Waals surface area contributed by atoms with Gasteiger partial charge in [0.15, 0.2) is 0 Å². The fourth-order valence-electron chi connectivity index (χ4n) is 4.25. The first-order valence-corrected chi connectivity index (χ1v) is 10.3. The number of nitrogens with zero attached hydrogens (tertiary/aromatic N) is 7. The Kier molecular flexibility index (Phi) is 5.89. The quantitative estimate of drug-likeness (QED) is 0.771. The third-order valence-corrected chi connectivity index (χ3v) is 6.06. The van der Waals surface area contributed by atoms with Gasteiger partial charge in [-0.1, -0.05) is 0 Å². The summed E-state index contributed by atoms with van der Waals surface area (Å²) in [6, 6.07) is 3.98. The maximum Gasteiger partial charge on any atom is 0.255 e. The molecule has 4 heterocycles. The Morgan fingerprint density at radius 1 is 1.17 bits per heavy atom. The van der Waals surface area contributed by atoms with E-state index in [0.29, 0.717) is 23.4 Å². The Morgan fingerprint density at radius 3 is 2.66 bits per heavy atom. The second-order valence-electron chi connectivity index (χ2n) is 8.08. The van der Waals surface area contributed by atoms with Gasteiger partial charge in [-0.3, -0.25) is 19.6 Å². The molecule has 9 heteroatoms. The van der Waals surface area contributed by atoms with Crippen molar-refractivity contribution in [2.75, 3.05) is 51.7 Å². The number of piperazine rings is 1. The molecule has 0 saturated carbocycles. The third kappa shape index (κ3) is 4.31. The largest absolute Gasteiger partial charge is 0.338 e. The molecule has 1 unspecified atom stereocenters. The SMILES string of the molecule is CN(C)C1CCN(C2CN(c3nc(-c4ccncn4)cc(=O)n3C)CCN2)CC1. The lowest BCUT2D eigenvalue weighted by molar-refractivity contribution is 0.0893. The Hall–Kier alpha value is -2.36. The second kappa shape index (κ2) is 8.56. The van der Waals surface area contributed by atoms with Crippen molar-refractivity contribution in [1.29, 1.82) is 0 Å². The standard InChI is InChI=1S/C20H30N8O/c1-25(2)15-5-9-27(10-6-15)18-13-28(11-8-22-18)20-24-17(12-19(29)26(20)3)16-4-7-21-14-23-16/h4,7,12,14-15,18,22H,5-6,8-11,13H2,1-3H3. The van der Waals surface area contributed by atoms with E-state index in [4.69, 9.17) is 4.98 Å². The van der Waals surface area contributed by atoms with E-state index in [-0.39, 0.29) is 11.7 Å². The molecule has 0 radical (unpaired) electrons. The molecule has 0 aromatic carbocycles. The maximum atomic E-state index is 12.6. The normalized spacial score (nSPS) is 21.7. The minimum Gasteiger partial charge on any atom is -0.338 e. The lowest BCUT2D eigenvalue weighted by Gasteiger charge is -2.44. The summed E-state index contributed by atoms with van der Waals surface area (Å²) in [5.41, 5.74) is 1.18. The third-order valence-electron chi connectivity index (χ3n) is 6.06. The monoisotopic (exact) mass is 398 g/mol. The summed E-state index contributed by atoms with van der Waals surface area (Å²) in [6.07, 6.45) is 5.79. The van der Waals surface area contributed by atoms with E-state index in [1.54, 1.807) is 23.9 Å². The van der Waals surface area contributed by atoms with Crippen LogP contribution in [-0.4, -0.2) is 88.3 Å². The fourth-order valence-corrected chi connectivity index (χ4v) is 4.25. The highest BCUT2D eigenvalue weighted by Gasteiger charge is 2.30. The van der Waals surface area contributed by atoms with E-state index < -0.39 is 0 Å². The molecule has 2 fully saturated rings. The van der Waals surface area contributed by atoms with Gasteiger partial charge in [-0.2, -0.15) is 0 Å². The summed E-state index contributed by atoms with van der Waals surface area (Å²) in [6.45, 7) is 4.66. The zero-order chi connectivity index (χ0) is 20.4. The number of nitrogens with one attached hydrogen (secondary N) is 1. The van der Waals surface area contributed by atoms with Crippen LogP contribution in [0.2, 0.25) is 0 Å². The van der Waals surface area contributed by atoms with Crippen molar-refractivity contribution in [3.63, 3.8) is 0 Å². The zero-order valence-corrected chi connectivity index (χ0v) is 17.5. The average molecular weight is 399 g/mol. The number of anilines is 1. The van der Waals surface area contributed by atoms with E-state index >= 15 is 0 Å². The van der Waals surface area contributed by atoms with E-state index in [9.17, 15) is 4.79 Å². The van der Waals surface area contributed by atoms with Gasteiger partial charge in [0, 0.05) is 58.1 Å². The van der Waals surface area contributed by atoms with E-state index in [0.717, 1.165) is 32.7 Å². The predicted molar refractivity (Wildman–Crippen MR) is 113 cm³/mol. The molecule has 0 amide bonds. The molecular weight excluding hydrogens is 368 g/mol. The number of hydrogen-bond acceptors (Lipinski definition) is 8. The van der Waals surface area contributed by atoms with Crippen LogP contribution in [0.1, 0.15) is 12.8 Å². The van der Waals surface area contributed by atoms with Crippen LogP contribution < -0.4 is 15.8 Å². The molecule has 9 nitrogen and oxygen atoms in total. The molecule has 1 N–H and O–H groups in total. The Labute approximate surface area is 171 Å². The molecule has 1 atom stereocenters. The van der Waals surface area contributed by atoms with Crippen LogP contribution in [-0.2, 0) is 7.05 Å². The Morgan fingerprint density at radius 2 is 1.97 bits per heavy atom. The molecule has 156 valence electrons. The molecule has 2 aromatic heterocycles. The van der Waals surface area contributed by atoms with Crippen molar-refractivity contribution in [2.24, 2.45) is 7.05 Å². The summed E-state index contributed by atoms with van der Waals surface area (Å²) < 4.78 is 1.63. The van der Waals surface area contributed by atoms with Gasteiger partial charge < -0.3 is 9.80 Å². The Bertz CT molecular complexity index is 876. The van der Waals surface area contributed by atoms with Gasteiger partial charge in [0.05, 0.1) is 17.6 Å². The van der Waals surface area contributed by atoms with Gasteiger partial charge in [0.25, 0.3) is 5.56 Å². The molecule has 29 heavy (non-hydrogen) atoms. The first kappa shape index (κ1) is 19.9. The predicted octanol–water partition coefficient (Wildman–Crippen LogP) is -0.001000. The minimum atomic E-state index is -0.0782. The lowest BCUT2D eigenvalue weighted by atomic mass is 10.0. The van der Waals surface area contributed by atoms with E-state index in [1.807, 2.05) is 0 Å².